The van der Waals surface area contributed by atoms with Gasteiger partial charge in [0.1, 0.15) is 0 Å². The lowest BCUT2D eigenvalue weighted by atomic mass is 9.77. The fourth-order valence-corrected chi connectivity index (χ4v) is 3.78. The molecule has 1 aromatic carbocycles. The summed E-state index contributed by atoms with van der Waals surface area (Å²) in [5.74, 6) is 6.00. The molecule has 0 heterocycles. The van der Waals surface area contributed by atoms with Gasteiger partial charge in [0.05, 0.1) is 6.04 Å². The molecule has 2 rings (SSSR count). The number of hydrazine groups is 1. The lowest BCUT2D eigenvalue weighted by Gasteiger charge is -2.46. The summed E-state index contributed by atoms with van der Waals surface area (Å²) < 4.78 is 0. The molecular formula is C17H29N3. The molecule has 1 fully saturated rings. The quantitative estimate of drug-likeness (QED) is 0.504. The SMILES string of the molecule is Cc1ccccc1C(NN)C1(N(C)C)CCCCCC1. The standard InChI is InChI=1S/C17H29N3/c1-14-10-6-7-11-15(14)16(19-18)17(20(2)3)12-8-4-5-9-13-17/h6-7,10-11,16,19H,4-5,8-9,12-13,18H2,1-3H3. The van der Waals surface area contributed by atoms with E-state index in [0.29, 0.717) is 0 Å². The Hall–Kier alpha value is -0.900. The van der Waals surface area contributed by atoms with E-state index < -0.39 is 0 Å². The Kier molecular flexibility index (Phi) is 5.19. The Morgan fingerprint density at radius 1 is 1.10 bits per heavy atom. The summed E-state index contributed by atoms with van der Waals surface area (Å²) in [6.07, 6.45) is 7.71. The van der Waals surface area contributed by atoms with Gasteiger partial charge in [-0.3, -0.25) is 11.3 Å². The van der Waals surface area contributed by atoms with Crippen molar-refractivity contribution in [1.29, 1.82) is 0 Å². The lowest BCUT2D eigenvalue weighted by Crippen LogP contribution is -2.55. The van der Waals surface area contributed by atoms with Gasteiger partial charge in [0.25, 0.3) is 0 Å². The molecule has 1 saturated carbocycles. The monoisotopic (exact) mass is 275 g/mol. The Balaban J connectivity index is 2.42. The van der Waals surface area contributed by atoms with E-state index in [1.165, 1.54) is 49.7 Å². The van der Waals surface area contributed by atoms with Crippen LogP contribution in [0.2, 0.25) is 0 Å². The highest BCUT2D eigenvalue weighted by Gasteiger charge is 2.41. The van der Waals surface area contributed by atoms with Crippen LogP contribution in [0, 0.1) is 6.92 Å². The molecule has 1 aliphatic rings. The van der Waals surface area contributed by atoms with Crippen LogP contribution in [0.4, 0.5) is 0 Å². The van der Waals surface area contributed by atoms with Gasteiger partial charge in [-0.15, -0.1) is 0 Å². The van der Waals surface area contributed by atoms with Crippen molar-refractivity contribution < 1.29 is 0 Å². The van der Waals surface area contributed by atoms with E-state index in [4.69, 9.17) is 5.84 Å². The van der Waals surface area contributed by atoms with Gasteiger partial charge in [0.2, 0.25) is 0 Å². The number of nitrogens with zero attached hydrogens (tertiary/aromatic N) is 1. The highest BCUT2D eigenvalue weighted by molar-refractivity contribution is 5.31. The lowest BCUT2D eigenvalue weighted by molar-refractivity contribution is 0.0797. The third-order valence-electron chi connectivity index (χ3n) is 5.06. The molecule has 0 aliphatic heterocycles. The van der Waals surface area contributed by atoms with Crippen LogP contribution in [0.15, 0.2) is 24.3 Å². The minimum Gasteiger partial charge on any atom is -0.302 e. The molecule has 3 nitrogen and oxygen atoms in total. The number of aryl methyl sites for hydroxylation is 1. The second-order valence-electron chi connectivity index (χ2n) is 6.37. The highest BCUT2D eigenvalue weighted by Crippen LogP contribution is 2.41. The predicted octanol–water partition coefficient (Wildman–Crippen LogP) is 3.15. The van der Waals surface area contributed by atoms with E-state index in [2.05, 4.69) is 55.6 Å². The molecule has 1 aliphatic carbocycles. The van der Waals surface area contributed by atoms with Crippen LogP contribution >= 0.6 is 0 Å². The van der Waals surface area contributed by atoms with Crippen LogP contribution in [0.1, 0.15) is 55.7 Å². The zero-order valence-corrected chi connectivity index (χ0v) is 13.2. The third kappa shape index (κ3) is 2.90. The number of hydrogen-bond acceptors (Lipinski definition) is 3. The largest absolute Gasteiger partial charge is 0.302 e. The van der Waals surface area contributed by atoms with E-state index >= 15 is 0 Å². The summed E-state index contributed by atoms with van der Waals surface area (Å²) in [5.41, 5.74) is 5.92. The molecular weight excluding hydrogens is 246 g/mol. The Morgan fingerprint density at radius 3 is 2.20 bits per heavy atom. The smallest absolute Gasteiger partial charge is 0.0646 e. The average Bonchev–Trinajstić information content (AvgIpc) is 2.69. The van der Waals surface area contributed by atoms with Crippen molar-refractivity contribution >= 4 is 0 Å². The minimum absolute atomic E-state index is 0.122. The molecule has 0 radical (unpaired) electrons. The van der Waals surface area contributed by atoms with Crippen LogP contribution in [0.3, 0.4) is 0 Å². The zero-order valence-electron chi connectivity index (χ0n) is 13.2. The maximum Gasteiger partial charge on any atom is 0.0646 e. The summed E-state index contributed by atoms with van der Waals surface area (Å²) in [7, 11) is 4.40. The van der Waals surface area contributed by atoms with E-state index in [-0.39, 0.29) is 11.6 Å². The second kappa shape index (κ2) is 6.70. The van der Waals surface area contributed by atoms with Crippen molar-refractivity contribution in [1.82, 2.24) is 10.3 Å². The molecule has 1 unspecified atom stereocenters. The first-order valence-corrected chi connectivity index (χ1v) is 7.81. The van der Waals surface area contributed by atoms with Gasteiger partial charge in [-0.25, -0.2) is 0 Å². The first-order chi connectivity index (χ1) is 9.62. The molecule has 3 heteroatoms. The predicted molar refractivity (Wildman–Crippen MR) is 85.4 cm³/mol. The van der Waals surface area contributed by atoms with Crippen molar-refractivity contribution in [3.63, 3.8) is 0 Å². The molecule has 112 valence electrons. The molecule has 0 spiro atoms. The number of benzene rings is 1. The Bertz CT molecular complexity index is 420. The highest BCUT2D eigenvalue weighted by atomic mass is 15.3. The summed E-state index contributed by atoms with van der Waals surface area (Å²) in [5, 5.41) is 0. The number of likely N-dealkylation sites (N-methyl/N-ethyl adjacent to an activating group) is 1. The van der Waals surface area contributed by atoms with Crippen molar-refractivity contribution in [3.05, 3.63) is 35.4 Å². The van der Waals surface area contributed by atoms with Crippen molar-refractivity contribution in [2.24, 2.45) is 5.84 Å². The van der Waals surface area contributed by atoms with Crippen LogP contribution < -0.4 is 11.3 Å². The Morgan fingerprint density at radius 2 is 1.70 bits per heavy atom. The average molecular weight is 275 g/mol. The molecule has 0 aromatic heterocycles. The maximum absolute atomic E-state index is 6.00. The van der Waals surface area contributed by atoms with Crippen LogP contribution in [-0.4, -0.2) is 24.5 Å². The van der Waals surface area contributed by atoms with Crippen molar-refractivity contribution in [2.75, 3.05) is 14.1 Å². The molecule has 3 N–H and O–H groups in total. The van der Waals surface area contributed by atoms with E-state index in [9.17, 15) is 0 Å². The van der Waals surface area contributed by atoms with E-state index in [1.54, 1.807) is 0 Å². The van der Waals surface area contributed by atoms with Crippen LogP contribution in [0.25, 0.3) is 0 Å². The number of nitrogens with one attached hydrogen (secondary N) is 1. The summed E-state index contributed by atoms with van der Waals surface area (Å²) in [4.78, 5) is 2.40. The molecule has 1 aromatic rings. The van der Waals surface area contributed by atoms with Gasteiger partial charge < -0.3 is 4.90 Å². The van der Waals surface area contributed by atoms with Gasteiger partial charge in [0.15, 0.2) is 0 Å². The van der Waals surface area contributed by atoms with Gasteiger partial charge >= 0.3 is 0 Å². The first-order valence-electron chi connectivity index (χ1n) is 7.81. The van der Waals surface area contributed by atoms with Crippen molar-refractivity contribution in [2.45, 2.75) is 57.0 Å². The number of rotatable bonds is 4. The Labute approximate surface area is 123 Å². The van der Waals surface area contributed by atoms with Crippen LogP contribution in [-0.2, 0) is 0 Å². The zero-order chi connectivity index (χ0) is 14.6. The number of nitrogens with two attached hydrogens (primary N) is 1. The molecule has 0 saturated heterocycles. The normalized spacial score (nSPS) is 20.6. The van der Waals surface area contributed by atoms with E-state index in [0.717, 1.165) is 0 Å². The van der Waals surface area contributed by atoms with Gasteiger partial charge in [-0.05, 0) is 45.0 Å². The van der Waals surface area contributed by atoms with Gasteiger partial charge in [0, 0.05) is 5.54 Å². The molecule has 0 amide bonds. The molecule has 20 heavy (non-hydrogen) atoms. The van der Waals surface area contributed by atoms with E-state index in [1.807, 2.05) is 0 Å². The number of hydrogen-bond donors (Lipinski definition) is 2. The fraction of sp³-hybridized carbons (Fsp3) is 0.647. The maximum atomic E-state index is 6.00. The fourth-order valence-electron chi connectivity index (χ4n) is 3.78. The summed E-state index contributed by atoms with van der Waals surface area (Å²) in [6, 6.07) is 8.81. The van der Waals surface area contributed by atoms with Crippen molar-refractivity contribution in [3.8, 4) is 0 Å². The first kappa shape index (κ1) is 15.5. The molecule has 1 atom stereocenters. The summed E-state index contributed by atoms with van der Waals surface area (Å²) >= 11 is 0. The van der Waals surface area contributed by atoms with Gasteiger partial charge in [-0.2, -0.15) is 0 Å². The topological polar surface area (TPSA) is 41.3 Å². The second-order valence-corrected chi connectivity index (χ2v) is 6.37. The van der Waals surface area contributed by atoms with Crippen LogP contribution in [0.5, 0.6) is 0 Å². The summed E-state index contributed by atoms with van der Waals surface area (Å²) in [6.45, 7) is 2.18. The minimum atomic E-state index is 0.122. The molecule has 0 bridgehead atoms. The van der Waals surface area contributed by atoms with Gasteiger partial charge in [-0.1, -0.05) is 49.9 Å². The third-order valence-corrected chi connectivity index (χ3v) is 5.06.